The van der Waals surface area contributed by atoms with Crippen LogP contribution in [0.4, 0.5) is 21.9 Å². The van der Waals surface area contributed by atoms with Crippen molar-refractivity contribution in [2.75, 3.05) is 16.9 Å². The highest BCUT2D eigenvalue weighted by atomic mass is 32.2. The minimum absolute atomic E-state index is 0.0464. The number of carbonyl (C=O) groups is 2. The highest BCUT2D eigenvalue weighted by Gasteiger charge is 2.19. The Morgan fingerprint density at radius 2 is 1.59 bits per heavy atom. The fourth-order valence-corrected chi connectivity index (χ4v) is 3.77. The minimum atomic E-state index is -3.75. The van der Waals surface area contributed by atoms with Gasteiger partial charge in [0.05, 0.1) is 9.82 Å². The van der Waals surface area contributed by atoms with Gasteiger partial charge in [-0.1, -0.05) is 24.3 Å². The maximum atomic E-state index is 12.6. The molecule has 3 aromatic rings. The molecule has 0 radical (unpaired) electrons. The van der Waals surface area contributed by atoms with Crippen LogP contribution in [0.3, 0.4) is 0 Å². The number of rotatable bonds is 7. The molecule has 3 amide bonds. The van der Waals surface area contributed by atoms with Crippen molar-refractivity contribution in [2.45, 2.75) is 18.4 Å². The van der Waals surface area contributed by atoms with E-state index in [0.717, 1.165) is 30.0 Å². The van der Waals surface area contributed by atoms with Gasteiger partial charge in [0.2, 0.25) is 0 Å². The van der Waals surface area contributed by atoms with Gasteiger partial charge >= 0.3 is 6.03 Å². The lowest BCUT2D eigenvalue weighted by Gasteiger charge is -2.10. The molecular formula is C23H22N4O6S. The number of nitrogens with zero attached hydrogens (tertiary/aromatic N) is 1. The number of nitrogens with one attached hydrogen (secondary N) is 3. The van der Waals surface area contributed by atoms with Gasteiger partial charge in [-0.2, -0.15) is 0 Å². The fraction of sp³-hybridized carbons (Fsp3) is 0.130. The summed E-state index contributed by atoms with van der Waals surface area (Å²) in [5.41, 5.74) is 2.14. The molecule has 0 fully saturated rings. The molecule has 0 aromatic heterocycles. The molecule has 0 atom stereocenters. The number of non-ortho nitro benzene ring substituents is 1. The summed E-state index contributed by atoms with van der Waals surface area (Å²) in [6, 6.07) is 16.7. The summed E-state index contributed by atoms with van der Waals surface area (Å²) < 4.78 is 23.7. The van der Waals surface area contributed by atoms with Gasteiger partial charge in [-0.05, 0) is 48.4 Å². The highest BCUT2D eigenvalue weighted by molar-refractivity contribution is 7.90. The van der Waals surface area contributed by atoms with E-state index in [1.54, 1.807) is 30.3 Å². The maximum Gasteiger partial charge on any atom is 0.323 e. The van der Waals surface area contributed by atoms with Gasteiger partial charge in [0.15, 0.2) is 9.84 Å². The van der Waals surface area contributed by atoms with Gasteiger partial charge < -0.3 is 16.0 Å². The van der Waals surface area contributed by atoms with Gasteiger partial charge in [0.1, 0.15) is 0 Å². The van der Waals surface area contributed by atoms with Crippen LogP contribution in [-0.2, 0) is 16.4 Å². The van der Waals surface area contributed by atoms with Crippen LogP contribution in [0.2, 0.25) is 0 Å². The summed E-state index contributed by atoms with van der Waals surface area (Å²) in [5.74, 6) is -0.677. The summed E-state index contributed by atoms with van der Waals surface area (Å²) in [6.07, 6.45) is 0.904. The SMILES string of the molecule is Cc1cccc(NC(=O)Nc2cccc(CNC(=O)c3cc([N+](=O)[O-])cc(S(C)(=O)=O)c3)c2)c1. The summed E-state index contributed by atoms with van der Waals surface area (Å²) >= 11 is 0. The number of benzene rings is 3. The molecule has 10 nitrogen and oxygen atoms in total. The van der Waals surface area contributed by atoms with E-state index in [1.165, 1.54) is 0 Å². The standard InChI is InChI=1S/C23H22N4O6S/c1-15-5-3-7-18(9-15)25-23(29)26-19-8-4-6-16(10-19)14-24-22(28)17-11-20(27(30)31)13-21(12-17)34(2,32)33/h3-13H,14H2,1-2H3,(H,24,28)(H2,25,26,29). The van der Waals surface area contributed by atoms with Crippen LogP contribution in [0.5, 0.6) is 0 Å². The van der Waals surface area contributed by atoms with E-state index < -0.39 is 32.4 Å². The van der Waals surface area contributed by atoms with Crippen molar-refractivity contribution in [1.29, 1.82) is 0 Å². The fourth-order valence-electron chi connectivity index (χ4n) is 3.09. The lowest BCUT2D eigenvalue weighted by molar-refractivity contribution is -0.385. The molecule has 0 saturated heterocycles. The number of sulfone groups is 1. The Labute approximate surface area is 196 Å². The third-order valence-electron chi connectivity index (χ3n) is 4.71. The summed E-state index contributed by atoms with van der Waals surface area (Å²) in [4.78, 5) is 34.9. The van der Waals surface area contributed by atoms with Gasteiger partial charge in [0.25, 0.3) is 11.6 Å². The molecule has 3 N–H and O–H groups in total. The molecule has 0 aliphatic heterocycles. The van der Waals surface area contributed by atoms with E-state index in [0.29, 0.717) is 16.9 Å². The van der Waals surface area contributed by atoms with Crippen LogP contribution in [0.25, 0.3) is 0 Å². The number of nitro groups is 1. The number of anilines is 2. The Balaban J connectivity index is 1.67. The number of hydrogen-bond acceptors (Lipinski definition) is 6. The molecule has 34 heavy (non-hydrogen) atoms. The summed E-state index contributed by atoms with van der Waals surface area (Å²) in [6.45, 7) is 1.96. The van der Waals surface area contributed by atoms with Crippen molar-refractivity contribution < 1.29 is 22.9 Å². The number of urea groups is 1. The molecule has 0 unspecified atom stereocenters. The Bertz CT molecular complexity index is 1370. The van der Waals surface area contributed by atoms with Crippen LogP contribution in [0.1, 0.15) is 21.5 Å². The zero-order chi connectivity index (χ0) is 24.9. The molecule has 11 heteroatoms. The first kappa shape index (κ1) is 24.4. The van der Waals surface area contributed by atoms with E-state index in [9.17, 15) is 28.1 Å². The van der Waals surface area contributed by atoms with Gasteiger partial charge in [-0.25, -0.2) is 13.2 Å². The van der Waals surface area contributed by atoms with E-state index in [-0.39, 0.29) is 17.0 Å². The van der Waals surface area contributed by atoms with Crippen LogP contribution >= 0.6 is 0 Å². The van der Waals surface area contributed by atoms with Crippen molar-refractivity contribution in [3.8, 4) is 0 Å². The molecule has 0 aliphatic rings. The number of hydrogen-bond donors (Lipinski definition) is 3. The quantitative estimate of drug-likeness (QED) is 0.344. The Hall–Kier alpha value is -4.25. The highest BCUT2D eigenvalue weighted by Crippen LogP contribution is 2.21. The molecule has 176 valence electrons. The lowest BCUT2D eigenvalue weighted by atomic mass is 10.1. The van der Waals surface area contributed by atoms with E-state index in [2.05, 4.69) is 16.0 Å². The van der Waals surface area contributed by atoms with Crippen molar-refractivity contribution >= 4 is 38.8 Å². The number of amides is 3. The largest absolute Gasteiger partial charge is 0.348 e. The Kier molecular flexibility index (Phi) is 7.27. The van der Waals surface area contributed by atoms with Gasteiger partial charge in [-0.3, -0.25) is 14.9 Å². The molecule has 3 aromatic carbocycles. The third-order valence-corrected chi connectivity index (χ3v) is 5.80. The third kappa shape index (κ3) is 6.62. The second kappa shape index (κ2) is 10.1. The van der Waals surface area contributed by atoms with E-state index in [1.807, 2.05) is 25.1 Å². The van der Waals surface area contributed by atoms with Crippen LogP contribution < -0.4 is 16.0 Å². The maximum absolute atomic E-state index is 12.6. The van der Waals surface area contributed by atoms with Crippen molar-refractivity contribution in [1.82, 2.24) is 5.32 Å². The second-order valence-corrected chi connectivity index (χ2v) is 9.59. The van der Waals surface area contributed by atoms with Crippen LogP contribution in [0.15, 0.2) is 71.6 Å². The Morgan fingerprint density at radius 1 is 0.941 bits per heavy atom. The topological polar surface area (TPSA) is 148 Å². The molecule has 3 rings (SSSR count). The molecular weight excluding hydrogens is 460 g/mol. The molecule has 0 bridgehead atoms. The predicted molar refractivity (Wildman–Crippen MR) is 128 cm³/mol. The second-order valence-electron chi connectivity index (χ2n) is 7.58. The van der Waals surface area contributed by atoms with E-state index in [4.69, 9.17) is 0 Å². The van der Waals surface area contributed by atoms with Crippen LogP contribution in [-0.4, -0.2) is 31.5 Å². The zero-order valence-electron chi connectivity index (χ0n) is 18.4. The summed E-state index contributed by atoms with van der Waals surface area (Å²) in [7, 11) is -3.75. The zero-order valence-corrected chi connectivity index (χ0v) is 19.2. The first-order valence-corrected chi connectivity index (χ1v) is 11.9. The lowest BCUT2D eigenvalue weighted by Crippen LogP contribution is -2.23. The van der Waals surface area contributed by atoms with Gasteiger partial charge in [0, 0.05) is 41.9 Å². The monoisotopic (exact) mass is 482 g/mol. The van der Waals surface area contributed by atoms with E-state index >= 15 is 0 Å². The van der Waals surface area contributed by atoms with Crippen molar-refractivity contribution in [2.24, 2.45) is 0 Å². The molecule has 0 heterocycles. The average Bonchev–Trinajstić information content (AvgIpc) is 2.76. The predicted octanol–water partition coefficient (Wildman–Crippen LogP) is 3.88. The van der Waals surface area contributed by atoms with Gasteiger partial charge in [-0.15, -0.1) is 0 Å². The first-order chi connectivity index (χ1) is 16.0. The first-order valence-electron chi connectivity index (χ1n) is 10.0. The summed E-state index contributed by atoms with van der Waals surface area (Å²) in [5, 5.41) is 19.2. The van der Waals surface area contributed by atoms with Crippen molar-refractivity contribution in [3.63, 3.8) is 0 Å². The van der Waals surface area contributed by atoms with Crippen LogP contribution in [0, 0.1) is 17.0 Å². The Morgan fingerprint density at radius 3 is 2.21 bits per heavy atom. The number of nitro benzene ring substituents is 1. The molecule has 0 aliphatic carbocycles. The number of aryl methyl sites for hydroxylation is 1. The van der Waals surface area contributed by atoms with Crippen molar-refractivity contribution in [3.05, 3.63) is 93.5 Å². The minimum Gasteiger partial charge on any atom is -0.348 e. The normalized spacial score (nSPS) is 10.9. The number of carbonyl (C=O) groups excluding carboxylic acids is 2. The smallest absolute Gasteiger partial charge is 0.323 e. The molecule has 0 saturated carbocycles. The average molecular weight is 483 g/mol. The molecule has 0 spiro atoms.